The number of halogens is 2. The Kier molecular flexibility index (Phi) is 5.19. The van der Waals surface area contributed by atoms with E-state index in [0.717, 1.165) is 32.9 Å². The predicted molar refractivity (Wildman–Crippen MR) is 163 cm³/mol. The van der Waals surface area contributed by atoms with Crippen molar-refractivity contribution in [3.05, 3.63) is 132 Å². The van der Waals surface area contributed by atoms with Gasteiger partial charge in [0.1, 0.15) is 11.6 Å². The summed E-state index contributed by atoms with van der Waals surface area (Å²) in [7, 11) is 0. The molecule has 8 rings (SSSR count). The van der Waals surface area contributed by atoms with Gasteiger partial charge in [0.25, 0.3) is 0 Å². The quantitative estimate of drug-likeness (QED) is 0.221. The molecular weight excluding hydrogens is 526 g/mol. The Balaban J connectivity index is 1.52. The van der Waals surface area contributed by atoms with Crippen LogP contribution in [0.1, 0.15) is 25.0 Å². The van der Waals surface area contributed by atoms with Crippen LogP contribution >= 0.6 is 0 Å². The Morgan fingerprint density at radius 2 is 1.12 bits per heavy atom. The molecule has 0 saturated heterocycles. The molecule has 0 amide bonds. The van der Waals surface area contributed by atoms with E-state index >= 15 is 8.78 Å². The van der Waals surface area contributed by atoms with Crippen molar-refractivity contribution in [3.63, 3.8) is 0 Å². The summed E-state index contributed by atoms with van der Waals surface area (Å²) >= 11 is 0. The lowest BCUT2D eigenvalue weighted by molar-refractivity contribution is 0.628. The molecule has 0 N–H and O–H groups in total. The second kappa shape index (κ2) is 8.88. The third-order valence-electron chi connectivity index (χ3n) is 8.41. The number of hydrogen-bond donors (Lipinski definition) is 0. The molecular formula is C36H24F2N4. The van der Waals surface area contributed by atoms with Crippen LogP contribution in [0.2, 0.25) is 0 Å². The molecule has 1 aliphatic carbocycles. The summed E-state index contributed by atoms with van der Waals surface area (Å²) in [5.74, 6) is -0.356. The molecule has 1 aliphatic rings. The number of aromatic nitrogens is 4. The minimum absolute atomic E-state index is 0.136. The summed E-state index contributed by atoms with van der Waals surface area (Å²) in [6, 6.07) is 33.7. The molecule has 7 aromatic rings. The van der Waals surface area contributed by atoms with Crippen molar-refractivity contribution in [1.82, 2.24) is 19.5 Å². The van der Waals surface area contributed by atoms with Crippen molar-refractivity contribution < 1.29 is 8.78 Å². The van der Waals surface area contributed by atoms with Crippen molar-refractivity contribution >= 4 is 21.8 Å². The van der Waals surface area contributed by atoms with E-state index in [9.17, 15) is 0 Å². The summed E-state index contributed by atoms with van der Waals surface area (Å²) in [6.45, 7) is 4.48. The number of rotatable bonds is 3. The first-order chi connectivity index (χ1) is 20.4. The highest BCUT2D eigenvalue weighted by molar-refractivity contribution is 6.12. The van der Waals surface area contributed by atoms with Crippen molar-refractivity contribution in [2.45, 2.75) is 19.3 Å². The molecule has 0 fully saturated rings. The standard InChI is InChI=1S/C36H24F2N4/c1-36(2)27-15-7-3-11-21(27)23-19-20-24-22-12-6-10-18-30(22)42(32(24)31(23)36)35-40-33(25-13-4-8-16-28(25)37)39-34(41-35)26-14-5-9-17-29(26)38/h3-20H,1-2H3. The van der Waals surface area contributed by atoms with E-state index in [1.165, 1.54) is 23.3 Å². The van der Waals surface area contributed by atoms with E-state index in [0.29, 0.717) is 5.95 Å². The van der Waals surface area contributed by atoms with Gasteiger partial charge < -0.3 is 0 Å². The van der Waals surface area contributed by atoms with Crippen LogP contribution in [0.25, 0.3) is 61.7 Å². The highest BCUT2D eigenvalue weighted by Gasteiger charge is 2.38. The predicted octanol–water partition coefficient (Wildman–Crippen LogP) is 8.89. The van der Waals surface area contributed by atoms with Gasteiger partial charge in [-0.15, -0.1) is 0 Å². The number of benzene rings is 5. The molecule has 6 heteroatoms. The maximum atomic E-state index is 15.1. The zero-order valence-corrected chi connectivity index (χ0v) is 22.9. The SMILES string of the molecule is CC1(C)c2ccccc2-c2ccc3c4ccccc4n(-c4nc(-c5ccccc5F)nc(-c5ccccc5F)n4)c3c21. The van der Waals surface area contributed by atoms with Crippen LogP contribution in [0.5, 0.6) is 0 Å². The van der Waals surface area contributed by atoms with Crippen molar-refractivity contribution in [2.75, 3.05) is 0 Å². The second-order valence-electron chi connectivity index (χ2n) is 11.1. The summed E-state index contributed by atoms with van der Waals surface area (Å²) in [5.41, 5.74) is 6.77. The van der Waals surface area contributed by atoms with Crippen LogP contribution in [0.15, 0.2) is 109 Å². The van der Waals surface area contributed by atoms with E-state index in [4.69, 9.17) is 9.97 Å². The molecule has 202 valence electrons. The van der Waals surface area contributed by atoms with Gasteiger partial charge in [0.15, 0.2) is 11.6 Å². The molecule has 4 nitrogen and oxygen atoms in total. The Morgan fingerprint density at radius 1 is 0.548 bits per heavy atom. The minimum Gasteiger partial charge on any atom is -0.277 e. The zero-order chi connectivity index (χ0) is 28.6. The van der Waals surface area contributed by atoms with E-state index in [1.807, 2.05) is 22.8 Å². The molecule has 0 aliphatic heterocycles. The maximum Gasteiger partial charge on any atom is 0.238 e. The number of para-hydroxylation sites is 1. The van der Waals surface area contributed by atoms with Crippen LogP contribution in [-0.2, 0) is 5.41 Å². The van der Waals surface area contributed by atoms with Crippen molar-refractivity contribution in [1.29, 1.82) is 0 Å². The van der Waals surface area contributed by atoms with Crippen LogP contribution < -0.4 is 0 Å². The first-order valence-electron chi connectivity index (χ1n) is 13.9. The van der Waals surface area contributed by atoms with Gasteiger partial charge in [-0.3, -0.25) is 4.57 Å². The van der Waals surface area contributed by atoms with Crippen LogP contribution in [0.3, 0.4) is 0 Å². The summed E-state index contributed by atoms with van der Waals surface area (Å²) in [5, 5.41) is 2.10. The lowest BCUT2D eigenvalue weighted by Crippen LogP contribution is -2.17. The summed E-state index contributed by atoms with van der Waals surface area (Å²) < 4.78 is 32.3. The highest BCUT2D eigenvalue weighted by atomic mass is 19.1. The van der Waals surface area contributed by atoms with E-state index < -0.39 is 11.6 Å². The number of fused-ring (bicyclic) bond motifs is 7. The summed E-state index contributed by atoms with van der Waals surface area (Å²) in [4.78, 5) is 14.3. The van der Waals surface area contributed by atoms with Gasteiger partial charge in [0.2, 0.25) is 5.95 Å². The maximum absolute atomic E-state index is 15.1. The normalized spacial score (nSPS) is 13.4. The number of nitrogens with zero attached hydrogens (tertiary/aromatic N) is 4. The fraction of sp³-hybridized carbons (Fsp3) is 0.0833. The average molecular weight is 551 g/mol. The number of hydrogen-bond acceptors (Lipinski definition) is 3. The Labute approximate surface area is 241 Å². The fourth-order valence-electron chi connectivity index (χ4n) is 6.51. The first-order valence-corrected chi connectivity index (χ1v) is 13.9. The van der Waals surface area contributed by atoms with Crippen molar-refractivity contribution in [2.24, 2.45) is 0 Å². The van der Waals surface area contributed by atoms with Crippen LogP contribution in [0.4, 0.5) is 8.78 Å². The van der Waals surface area contributed by atoms with Gasteiger partial charge in [-0.25, -0.2) is 13.8 Å². The molecule has 0 saturated carbocycles. The lowest BCUT2D eigenvalue weighted by Gasteiger charge is -2.23. The molecule has 0 radical (unpaired) electrons. The van der Waals surface area contributed by atoms with Crippen molar-refractivity contribution in [3.8, 4) is 39.9 Å². The topological polar surface area (TPSA) is 43.6 Å². The highest BCUT2D eigenvalue weighted by Crippen LogP contribution is 2.52. The molecule has 0 atom stereocenters. The largest absolute Gasteiger partial charge is 0.277 e. The third kappa shape index (κ3) is 3.41. The van der Waals surface area contributed by atoms with Crippen LogP contribution in [0, 0.1) is 11.6 Å². The minimum atomic E-state index is -0.464. The zero-order valence-electron chi connectivity index (χ0n) is 22.9. The summed E-state index contributed by atoms with van der Waals surface area (Å²) in [6.07, 6.45) is 0. The first kappa shape index (κ1) is 24.6. The van der Waals surface area contributed by atoms with Gasteiger partial charge >= 0.3 is 0 Å². The average Bonchev–Trinajstić information content (AvgIpc) is 3.46. The van der Waals surface area contributed by atoms with Gasteiger partial charge in [0, 0.05) is 16.2 Å². The van der Waals surface area contributed by atoms with Crippen LogP contribution in [-0.4, -0.2) is 19.5 Å². The van der Waals surface area contributed by atoms with Gasteiger partial charge in [-0.2, -0.15) is 9.97 Å². The second-order valence-corrected chi connectivity index (χ2v) is 11.1. The monoisotopic (exact) mass is 550 g/mol. The Hall–Kier alpha value is -5.23. The van der Waals surface area contributed by atoms with Gasteiger partial charge in [-0.1, -0.05) is 92.7 Å². The Bertz CT molecular complexity index is 2150. The fourth-order valence-corrected chi connectivity index (χ4v) is 6.51. The molecule has 0 unspecified atom stereocenters. The van der Waals surface area contributed by atoms with Gasteiger partial charge in [0.05, 0.1) is 22.2 Å². The Morgan fingerprint density at radius 3 is 1.79 bits per heavy atom. The molecule has 42 heavy (non-hydrogen) atoms. The molecule has 2 heterocycles. The third-order valence-corrected chi connectivity index (χ3v) is 8.41. The van der Waals surface area contributed by atoms with Gasteiger partial charge in [-0.05, 0) is 52.6 Å². The molecule has 0 bridgehead atoms. The molecule has 2 aromatic heterocycles. The van der Waals surface area contributed by atoms with E-state index in [1.54, 1.807) is 36.4 Å². The van der Waals surface area contributed by atoms with E-state index in [2.05, 4.69) is 61.3 Å². The molecule has 5 aromatic carbocycles. The van der Waals surface area contributed by atoms with E-state index in [-0.39, 0.29) is 28.2 Å². The lowest BCUT2D eigenvalue weighted by atomic mass is 9.81. The molecule has 0 spiro atoms. The smallest absolute Gasteiger partial charge is 0.238 e.